The summed E-state index contributed by atoms with van der Waals surface area (Å²) in [7, 11) is 0. The maximum Gasteiger partial charge on any atom is -0.147 e. The first-order valence-corrected chi connectivity index (χ1v) is 32.9. The van der Waals surface area contributed by atoms with E-state index in [1.54, 1.807) is 5.56 Å². The van der Waals surface area contributed by atoms with Crippen LogP contribution in [0, 0.1) is 27.7 Å². The van der Waals surface area contributed by atoms with Gasteiger partial charge in [-0.05, 0) is 0 Å². The maximum absolute atomic E-state index is 4.00. The van der Waals surface area contributed by atoms with Gasteiger partial charge in [-0.1, -0.05) is 0 Å². The Hall–Kier alpha value is -3.78. The van der Waals surface area contributed by atoms with E-state index in [2.05, 4.69) is 190 Å². The van der Waals surface area contributed by atoms with E-state index >= 15 is 0 Å². The molecule has 2 unspecified atom stereocenters. The minimum absolute atomic E-state index is 0. The number of rotatable bonds is 5. The van der Waals surface area contributed by atoms with Gasteiger partial charge in [-0.15, -0.1) is 24.8 Å². The Labute approximate surface area is 342 Å². The molecule has 0 amide bonds. The van der Waals surface area contributed by atoms with Crippen LogP contribution in [-0.2, 0) is 17.4 Å². The van der Waals surface area contributed by atoms with Crippen LogP contribution >= 0.6 is 24.8 Å². The van der Waals surface area contributed by atoms with Crippen molar-refractivity contribution in [2.24, 2.45) is 0 Å². The molecule has 2 atom stereocenters. The molecule has 276 valence electrons. The van der Waals surface area contributed by atoms with Crippen LogP contribution in [0.1, 0.15) is 64.2 Å². The van der Waals surface area contributed by atoms with Gasteiger partial charge in [0.15, 0.2) is 0 Å². The van der Waals surface area contributed by atoms with Crippen molar-refractivity contribution in [3.8, 4) is 22.3 Å². The number of benzene rings is 7. The Morgan fingerprint density at radius 2 is 1.00 bits per heavy atom. The minimum atomic E-state index is -4.00. The average molecular weight is 853 g/mol. The van der Waals surface area contributed by atoms with Gasteiger partial charge in [0.05, 0.1) is 0 Å². The summed E-state index contributed by atoms with van der Waals surface area (Å²) in [6.07, 6.45) is 5.21. The smallest absolute Gasteiger partial charge is 0.147 e. The van der Waals surface area contributed by atoms with Gasteiger partial charge < -0.3 is 0 Å². The molecule has 7 aromatic rings. The van der Waals surface area contributed by atoms with E-state index in [0.29, 0.717) is 7.25 Å². The van der Waals surface area contributed by atoms with Gasteiger partial charge in [0.1, 0.15) is 0 Å². The zero-order valence-corrected chi connectivity index (χ0v) is 38.5. The third-order valence-electron chi connectivity index (χ3n) is 12.7. The molecule has 4 heteroatoms. The summed E-state index contributed by atoms with van der Waals surface area (Å²) in [6, 6.07) is 48.1. The van der Waals surface area contributed by atoms with Crippen LogP contribution in [-0.4, -0.2) is 6.88 Å². The van der Waals surface area contributed by atoms with Crippen LogP contribution in [0.5, 0.6) is 0 Å². The van der Waals surface area contributed by atoms with Crippen LogP contribution in [0.25, 0.3) is 61.5 Å². The van der Waals surface area contributed by atoms with Crippen LogP contribution in [0.15, 0.2) is 133 Å². The second-order valence-corrected chi connectivity index (χ2v) is 47.7. The molecular weight excluding hydrogens is 803 g/mol. The standard InChI is InChI=1S/C28H23.C21H17.2CH3.2ClH.H2Si.Zr/c1-18-14-19(2)28(20(3)15-18)23-16-22-10-7-13-26(27(22)17-23)25-12-6-9-21-8-4-5-11-24(21)25;1-14-12-20-15(2)10-11-19(21(20)13-14)18-9-5-7-16-6-3-4-8-17(16)18;;;;;;/h4-17H,1-3H3;3-13H,1-2H3;2*1H3;2*1H;1H2;. The van der Waals surface area contributed by atoms with E-state index < -0.39 is 17.4 Å². The van der Waals surface area contributed by atoms with Crippen molar-refractivity contribution in [1.29, 1.82) is 0 Å². The third kappa shape index (κ3) is 6.20. The normalized spacial score (nSPS) is 16.2. The molecule has 0 N–H and O–H groups in total. The number of aryl methyl sites for hydroxylation is 4. The van der Waals surface area contributed by atoms with Crippen molar-refractivity contribution in [1.82, 2.24) is 0 Å². The molecule has 9 rings (SSSR count). The van der Waals surface area contributed by atoms with Crippen LogP contribution < -0.4 is 0 Å². The Balaban J connectivity index is 0.00000233. The Bertz CT molecular complexity index is 2800. The predicted molar refractivity (Wildman–Crippen MR) is 246 cm³/mol. The molecule has 55 heavy (non-hydrogen) atoms. The van der Waals surface area contributed by atoms with Crippen molar-refractivity contribution < 1.29 is 17.4 Å². The SMILES string of the molecule is CC1=Cc2c(-c3cccc4ccccc34)ccc(C)c2[CH]1[Zr]([CH3])([CH3])(=[SiH2])[CH]1C(c2c(C)cc(C)cc2C)=Cc2c(-c3cccc4ccccc34)cccc21.Cl.Cl. The van der Waals surface area contributed by atoms with Crippen molar-refractivity contribution in [2.75, 3.05) is 0 Å². The van der Waals surface area contributed by atoms with E-state index in [1.165, 1.54) is 99.5 Å². The largest absolute Gasteiger partial charge is 0.147 e. The summed E-state index contributed by atoms with van der Waals surface area (Å²) in [5.74, 6) is 0. The van der Waals surface area contributed by atoms with Gasteiger partial charge in [-0.25, -0.2) is 0 Å². The molecule has 0 radical (unpaired) electrons. The minimum Gasteiger partial charge on any atom is -0.147 e. The molecule has 0 spiro atoms. The number of hydrogen-bond acceptors (Lipinski definition) is 0. The van der Waals surface area contributed by atoms with Crippen molar-refractivity contribution in [3.63, 3.8) is 0 Å². The summed E-state index contributed by atoms with van der Waals surface area (Å²) in [5, 5.41) is 5.24. The van der Waals surface area contributed by atoms with E-state index in [0.717, 1.165) is 0 Å². The Kier molecular flexibility index (Phi) is 10.3. The summed E-state index contributed by atoms with van der Waals surface area (Å²) in [6.45, 7) is 14.2. The average Bonchev–Trinajstić information content (AvgIpc) is 3.71. The second-order valence-electron chi connectivity index (χ2n) is 17.2. The first kappa shape index (κ1) is 39.5. The van der Waals surface area contributed by atoms with Gasteiger partial charge >= 0.3 is 320 Å². The molecule has 0 saturated carbocycles. The van der Waals surface area contributed by atoms with E-state index in [1.807, 2.05) is 0 Å². The van der Waals surface area contributed by atoms with Crippen molar-refractivity contribution in [3.05, 3.63) is 183 Å². The number of hydrogen-bond donors (Lipinski definition) is 0. The van der Waals surface area contributed by atoms with E-state index in [9.17, 15) is 0 Å². The summed E-state index contributed by atoms with van der Waals surface area (Å²) < 4.78 is 6.36. The molecule has 2 aliphatic carbocycles. The van der Waals surface area contributed by atoms with Crippen molar-refractivity contribution >= 4 is 71.0 Å². The van der Waals surface area contributed by atoms with E-state index in [4.69, 9.17) is 0 Å². The van der Waals surface area contributed by atoms with Gasteiger partial charge in [0.25, 0.3) is 0 Å². The molecule has 0 bridgehead atoms. The maximum atomic E-state index is 2.79. The predicted octanol–water partition coefficient (Wildman–Crippen LogP) is 14.5. The molecule has 0 aromatic heterocycles. The fourth-order valence-electron chi connectivity index (χ4n) is 10.9. The molecular formula is C51H50Cl2SiZr. The Morgan fingerprint density at radius 3 is 1.60 bits per heavy atom. The van der Waals surface area contributed by atoms with Crippen LogP contribution in [0.3, 0.4) is 0 Å². The summed E-state index contributed by atoms with van der Waals surface area (Å²) >= 11 is -4.00. The van der Waals surface area contributed by atoms with Crippen molar-refractivity contribution in [2.45, 2.75) is 51.1 Å². The topological polar surface area (TPSA) is 0 Å². The van der Waals surface area contributed by atoms with Gasteiger partial charge in [-0.3, -0.25) is 0 Å². The number of fused-ring (bicyclic) bond motifs is 4. The van der Waals surface area contributed by atoms with Gasteiger partial charge in [0.2, 0.25) is 0 Å². The first-order valence-electron chi connectivity index (χ1n) is 19.2. The van der Waals surface area contributed by atoms with Crippen LogP contribution in [0.4, 0.5) is 0 Å². The summed E-state index contributed by atoms with van der Waals surface area (Å²) in [5.41, 5.74) is 21.4. The van der Waals surface area contributed by atoms with Gasteiger partial charge in [-0.2, -0.15) is 0 Å². The molecule has 0 aliphatic heterocycles. The zero-order chi connectivity index (χ0) is 36.8. The quantitative estimate of drug-likeness (QED) is 0.151. The molecule has 7 aromatic carbocycles. The van der Waals surface area contributed by atoms with E-state index in [-0.39, 0.29) is 24.8 Å². The Morgan fingerprint density at radius 1 is 0.491 bits per heavy atom. The third-order valence-corrected chi connectivity index (χ3v) is 30.2. The molecule has 0 heterocycles. The molecule has 0 saturated heterocycles. The van der Waals surface area contributed by atoms with Gasteiger partial charge in [0, 0.05) is 0 Å². The second kappa shape index (κ2) is 14.3. The van der Waals surface area contributed by atoms with Crippen LogP contribution in [0.2, 0.25) is 9.26 Å². The monoisotopic (exact) mass is 850 g/mol. The zero-order valence-electron chi connectivity index (χ0n) is 33.0. The molecule has 0 nitrogen and oxygen atoms in total. The molecule has 2 aliphatic rings. The number of halogens is 2. The first-order chi connectivity index (χ1) is 25.4. The number of allylic oxidation sites excluding steroid dienone is 2. The fourth-order valence-corrected chi connectivity index (χ4v) is 30.8. The molecule has 0 fully saturated rings. The fraction of sp³-hybridized carbons (Fsp3) is 0.176. The summed E-state index contributed by atoms with van der Waals surface area (Å²) in [4.78, 5) is 0.